The minimum atomic E-state index is -0.749. The standard InChI is InChI=1S/C18H16ClNO3/c1-22-17-8-13-6-7-20-10-14(13)9-18(17)23-11-16(21)12-2-4-15(19)5-3-12/h2-10,16,21H,11H2,1H3. The summed E-state index contributed by atoms with van der Waals surface area (Å²) in [6.45, 7) is 0.115. The molecule has 5 heteroatoms. The van der Waals surface area contributed by atoms with E-state index in [1.54, 1.807) is 43.8 Å². The van der Waals surface area contributed by atoms with Crippen LogP contribution in [0.3, 0.4) is 0 Å². The molecule has 0 amide bonds. The van der Waals surface area contributed by atoms with E-state index >= 15 is 0 Å². The predicted octanol–water partition coefficient (Wildman–Crippen LogP) is 4.01. The van der Waals surface area contributed by atoms with Crippen molar-refractivity contribution in [3.8, 4) is 11.5 Å². The molecule has 0 aliphatic carbocycles. The van der Waals surface area contributed by atoms with E-state index in [-0.39, 0.29) is 6.61 Å². The highest BCUT2D eigenvalue weighted by atomic mass is 35.5. The van der Waals surface area contributed by atoms with Crippen molar-refractivity contribution in [1.82, 2.24) is 4.98 Å². The molecule has 4 nitrogen and oxygen atoms in total. The molecule has 1 aromatic heterocycles. The van der Waals surface area contributed by atoms with E-state index in [9.17, 15) is 5.11 Å². The van der Waals surface area contributed by atoms with Gasteiger partial charge < -0.3 is 14.6 Å². The minimum absolute atomic E-state index is 0.115. The van der Waals surface area contributed by atoms with E-state index in [2.05, 4.69) is 4.98 Å². The monoisotopic (exact) mass is 329 g/mol. The first kappa shape index (κ1) is 15.6. The molecule has 0 saturated carbocycles. The summed E-state index contributed by atoms with van der Waals surface area (Å²) in [5, 5.41) is 12.8. The topological polar surface area (TPSA) is 51.6 Å². The zero-order valence-corrected chi connectivity index (χ0v) is 13.3. The zero-order chi connectivity index (χ0) is 16.2. The molecule has 1 atom stereocenters. The first-order chi connectivity index (χ1) is 11.2. The third-order valence-corrected chi connectivity index (χ3v) is 3.83. The molecule has 3 rings (SSSR count). The van der Waals surface area contributed by atoms with Crippen LogP contribution < -0.4 is 9.47 Å². The molecule has 0 radical (unpaired) electrons. The molecule has 3 aromatic rings. The number of aromatic nitrogens is 1. The maximum absolute atomic E-state index is 10.2. The average molecular weight is 330 g/mol. The van der Waals surface area contributed by atoms with Gasteiger partial charge in [-0.15, -0.1) is 0 Å². The maximum Gasteiger partial charge on any atom is 0.162 e. The fourth-order valence-corrected chi connectivity index (χ4v) is 2.44. The third-order valence-electron chi connectivity index (χ3n) is 3.57. The van der Waals surface area contributed by atoms with Gasteiger partial charge in [0.15, 0.2) is 11.5 Å². The number of benzene rings is 2. The second-order valence-corrected chi connectivity index (χ2v) is 5.54. The maximum atomic E-state index is 10.2. The van der Waals surface area contributed by atoms with Gasteiger partial charge in [-0.25, -0.2) is 0 Å². The van der Waals surface area contributed by atoms with Gasteiger partial charge in [0.1, 0.15) is 12.7 Å². The Balaban J connectivity index is 1.79. The predicted molar refractivity (Wildman–Crippen MR) is 90.2 cm³/mol. The molecule has 0 aliphatic rings. The van der Waals surface area contributed by atoms with Gasteiger partial charge in [0.05, 0.1) is 7.11 Å². The number of nitrogens with zero attached hydrogens (tertiary/aromatic N) is 1. The van der Waals surface area contributed by atoms with Crippen LogP contribution in [0.4, 0.5) is 0 Å². The summed E-state index contributed by atoms with van der Waals surface area (Å²) in [5.41, 5.74) is 0.746. The molecule has 0 saturated heterocycles. The van der Waals surface area contributed by atoms with Gasteiger partial charge in [0.2, 0.25) is 0 Å². The summed E-state index contributed by atoms with van der Waals surface area (Å²) in [7, 11) is 1.59. The van der Waals surface area contributed by atoms with Crippen molar-refractivity contribution in [3.63, 3.8) is 0 Å². The van der Waals surface area contributed by atoms with Crippen LogP contribution in [-0.4, -0.2) is 23.8 Å². The van der Waals surface area contributed by atoms with Crippen LogP contribution in [0.5, 0.6) is 11.5 Å². The number of halogens is 1. The molecule has 0 bridgehead atoms. The lowest BCUT2D eigenvalue weighted by Gasteiger charge is -2.15. The van der Waals surface area contributed by atoms with E-state index < -0.39 is 6.10 Å². The third kappa shape index (κ3) is 3.55. The van der Waals surface area contributed by atoms with Crippen molar-refractivity contribution < 1.29 is 14.6 Å². The lowest BCUT2D eigenvalue weighted by atomic mass is 10.1. The zero-order valence-electron chi connectivity index (χ0n) is 12.6. The van der Waals surface area contributed by atoms with Gasteiger partial charge in [-0.3, -0.25) is 4.98 Å². The van der Waals surface area contributed by atoms with Crippen molar-refractivity contribution in [3.05, 3.63) is 65.4 Å². The van der Waals surface area contributed by atoms with Gasteiger partial charge in [-0.05, 0) is 41.3 Å². The number of hydrogen-bond donors (Lipinski definition) is 1. The van der Waals surface area contributed by atoms with E-state index in [0.29, 0.717) is 16.5 Å². The number of aliphatic hydroxyl groups excluding tert-OH is 1. The largest absolute Gasteiger partial charge is 0.493 e. The first-order valence-corrected chi connectivity index (χ1v) is 7.53. The van der Waals surface area contributed by atoms with Crippen molar-refractivity contribution >= 4 is 22.4 Å². The van der Waals surface area contributed by atoms with E-state index in [4.69, 9.17) is 21.1 Å². The molecule has 2 aromatic carbocycles. The summed E-state index contributed by atoms with van der Waals surface area (Å²) < 4.78 is 11.1. The molecule has 23 heavy (non-hydrogen) atoms. The van der Waals surface area contributed by atoms with Gasteiger partial charge in [-0.1, -0.05) is 23.7 Å². The summed E-state index contributed by atoms with van der Waals surface area (Å²) in [6, 6.07) is 12.7. The number of fused-ring (bicyclic) bond motifs is 1. The van der Waals surface area contributed by atoms with E-state index in [1.807, 2.05) is 18.2 Å². The number of pyridine rings is 1. The molecule has 0 aliphatic heterocycles. The second-order valence-electron chi connectivity index (χ2n) is 5.10. The number of methoxy groups -OCH3 is 1. The van der Waals surface area contributed by atoms with Crippen molar-refractivity contribution in [1.29, 1.82) is 0 Å². The van der Waals surface area contributed by atoms with Crippen LogP contribution in [0, 0.1) is 0 Å². The summed E-state index contributed by atoms with van der Waals surface area (Å²) in [6.07, 6.45) is 2.74. The Morgan fingerprint density at radius 1 is 1.09 bits per heavy atom. The van der Waals surface area contributed by atoms with Crippen molar-refractivity contribution in [2.45, 2.75) is 6.10 Å². The normalized spacial score (nSPS) is 12.1. The summed E-state index contributed by atoms with van der Waals surface area (Å²) in [5.74, 6) is 1.19. The fraction of sp³-hybridized carbons (Fsp3) is 0.167. The van der Waals surface area contributed by atoms with Gasteiger partial charge >= 0.3 is 0 Å². The van der Waals surface area contributed by atoms with E-state index in [0.717, 1.165) is 16.3 Å². The van der Waals surface area contributed by atoms with Gasteiger partial charge in [0.25, 0.3) is 0 Å². The molecular weight excluding hydrogens is 314 g/mol. The summed E-state index contributed by atoms with van der Waals surface area (Å²) in [4.78, 5) is 4.10. The Bertz CT molecular complexity index is 805. The Hall–Kier alpha value is -2.30. The second kappa shape index (κ2) is 6.86. The minimum Gasteiger partial charge on any atom is -0.493 e. The van der Waals surface area contributed by atoms with Gasteiger partial charge in [0, 0.05) is 22.8 Å². The lowest BCUT2D eigenvalue weighted by molar-refractivity contribution is 0.106. The van der Waals surface area contributed by atoms with E-state index in [1.165, 1.54) is 0 Å². The fourth-order valence-electron chi connectivity index (χ4n) is 2.32. The number of rotatable bonds is 5. The Morgan fingerprint density at radius 2 is 1.83 bits per heavy atom. The number of hydrogen-bond acceptors (Lipinski definition) is 4. The SMILES string of the molecule is COc1cc2ccncc2cc1OCC(O)c1ccc(Cl)cc1. The van der Waals surface area contributed by atoms with Crippen LogP contribution in [0.25, 0.3) is 10.8 Å². The Morgan fingerprint density at radius 3 is 2.57 bits per heavy atom. The highest BCUT2D eigenvalue weighted by molar-refractivity contribution is 6.30. The highest BCUT2D eigenvalue weighted by Crippen LogP contribution is 2.32. The van der Waals surface area contributed by atoms with Crippen LogP contribution >= 0.6 is 11.6 Å². The lowest BCUT2D eigenvalue weighted by Crippen LogP contribution is -2.10. The molecule has 0 fully saturated rings. The highest BCUT2D eigenvalue weighted by Gasteiger charge is 2.12. The summed E-state index contributed by atoms with van der Waals surface area (Å²) >= 11 is 5.85. The Kier molecular flexibility index (Phi) is 4.65. The Labute approximate surface area is 139 Å². The molecule has 1 heterocycles. The molecule has 118 valence electrons. The van der Waals surface area contributed by atoms with Crippen LogP contribution in [-0.2, 0) is 0 Å². The van der Waals surface area contributed by atoms with Crippen molar-refractivity contribution in [2.75, 3.05) is 13.7 Å². The van der Waals surface area contributed by atoms with Crippen molar-refractivity contribution in [2.24, 2.45) is 0 Å². The van der Waals surface area contributed by atoms with Gasteiger partial charge in [-0.2, -0.15) is 0 Å². The first-order valence-electron chi connectivity index (χ1n) is 7.15. The van der Waals surface area contributed by atoms with Crippen LogP contribution in [0.2, 0.25) is 5.02 Å². The quantitative estimate of drug-likeness (QED) is 0.768. The molecular formula is C18H16ClNO3. The molecule has 1 unspecified atom stereocenters. The number of aliphatic hydroxyl groups is 1. The molecule has 1 N–H and O–H groups in total. The van der Waals surface area contributed by atoms with Crippen LogP contribution in [0.15, 0.2) is 54.9 Å². The number of ether oxygens (including phenoxy) is 2. The average Bonchev–Trinajstić information content (AvgIpc) is 2.59. The molecule has 0 spiro atoms. The smallest absolute Gasteiger partial charge is 0.162 e. The van der Waals surface area contributed by atoms with Crippen LogP contribution in [0.1, 0.15) is 11.7 Å².